The lowest BCUT2D eigenvalue weighted by atomic mass is 9.83. The summed E-state index contributed by atoms with van der Waals surface area (Å²) in [5.74, 6) is 2.81. The Bertz CT molecular complexity index is 408. The van der Waals surface area contributed by atoms with Gasteiger partial charge in [0.2, 0.25) is 5.91 Å². The number of carbonyl (C=O) groups is 1. The molecular formula is C18H35IN4O. The maximum Gasteiger partial charge on any atom is 0.222 e. The lowest BCUT2D eigenvalue weighted by Gasteiger charge is -2.25. The largest absolute Gasteiger partial charge is 0.357 e. The van der Waals surface area contributed by atoms with Gasteiger partial charge >= 0.3 is 0 Å². The van der Waals surface area contributed by atoms with Crippen LogP contribution >= 0.6 is 24.0 Å². The molecule has 0 spiro atoms. The van der Waals surface area contributed by atoms with Gasteiger partial charge in [0.25, 0.3) is 0 Å². The Hall–Kier alpha value is -0.530. The minimum Gasteiger partial charge on any atom is -0.357 e. The summed E-state index contributed by atoms with van der Waals surface area (Å²) in [4.78, 5) is 18.6. The highest BCUT2D eigenvalue weighted by Gasteiger charge is 2.26. The average molecular weight is 450 g/mol. The van der Waals surface area contributed by atoms with E-state index in [2.05, 4.69) is 24.5 Å². The van der Waals surface area contributed by atoms with Crippen LogP contribution in [0.25, 0.3) is 0 Å². The maximum atomic E-state index is 11.8. The van der Waals surface area contributed by atoms with E-state index < -0.39 is 0 Å². The highest BCUT2D eigenvalue weighted by atomic mass is 127. The number of rotatable bonds is 5. The zero-order chi connectivity index (χ0) is 16.7. The van der Waals surface area contributed by atoms with Crippen molar-refractivity contribution in [1.82, 2.24) is 15.5 Å². The Morgan fingerprint density at radius 1 is 1.17 bits per heavy atom. The van der Waals surface area contributed by atoms with Gasteiger partial charge in [-0.3, -0.25) is 9.79 Å². The molecule has 1 atom stereocenters. The summed E-state index contributed by atoms with van der Waals surface area (Å²) in [6.45, 7) is 9.85. The third-order valence-electron chi connectivity index (χ3n) is 5.17. The van der Waals surface area contributed by atoms with E-state index in [1.807, 2.05) is 11.8 Å². The van der Waals surface area contributed by atoms with Gasteiger partial charge in [-0.05, 0) is 38.0 Å². The van der Waals surface area contributed by atoms with Crippen LogP contribution in [0, 0.1) is 11.8 Å². The molecule has 0 aromatic carbocycles. The third-order valence-corrected chi connectivity index (χ3v) is 5.17. The van der Waals surface area contributed by atoms with Gasteiger partial charge in [0, 0.05) is 38.6 Å². The topological polar surface area (TPSA) is 56.7 Å². The highest BCUT2D eigenvalue weighted by Crippen LogP contribution is 2.28. The summed E-state index contributed by atoms with van der Waals surface area (Å²) in [6.07, 6.45) is 6.93. The van der Waals surface area contributed by atoms with Gasteiger partial charge in [0.15, 0.2) is 5.96 Å². The number of halogens is 1. The molecule has 1 aliphatic carbocycles. The van der Waals surface area contributed by atoms with Gasteiger partial charge in [-0.2, -0.15) is 0 Å². The van der Waals surface area contributed by atoms with E-state index in [0.29, 0.717) is 12.5 Å². The van der Waals surface area contributed by atoms with Crippen LogP contribution in [0.4, 0.5) is 0 Å². The number of nitrogens with zero attached hydrogens (tertiary/aromatic N) is 2. The van der Waals surface area contributed by atoms with Crippen molar-refractivity contribution in [3.05, 3.63) is 0 Å². The number of likely N-dealkylation sites (tertiary alicyclic amines) is 1. The monoisotopic (exact) mass is 450 g/mol. The van der Waals surface area contributed by atoms with Gasteiger partial charge in [0.05, 0.1) is 0 Å². The second-order valence-electron chi connectivity index (χ2n) is 7.17. The lowest BCUT2D eigenvalue weighted by Crippen LogP contribution is -2.45. The summed E-state index contributed by atoms with van der Waals surface area (Å²) in [7, 11) is 0. The van der Waals surface area contributed by atoms with Crippen LogP contribution in [0.1, 0.15) is 59.3 Å². The van der Waals surface area contributed by atoms with Gasteiger partial charge in [-0.25, -0.2) is 0 Å². The van der Waals surface area contributed by atoms with E-state index in [-0.39, 0.29) is 29.9 Å². The minimum atomic E-state index is 0. The number of hydrogen-bond acceptors (Lipinski definition) is 2. The predicted octanol–water partition coefficient (Wildman–Crippen LogP) is 3.00. The molecule has 1 unspecified atom stereocenters. The second kappa shape index (κ2) is 11.2. The van der Waals surface area contributed by atoms with Crippen LogP contribution in [0.2, 0.25) is 0 Å². The van der Waals surface area contributed by atoms with Crippen molar-refractivity contribution in [3.8, 4) is 0 Å². The molecule has 0 aromatic heterocycles. The smallest absolute Gasteiger partial charge is 0.222 e. The molecule has 0 radical (unpaired) electrons. The first-order chi connectivity index (χ1) is 11.1. The van der Waals surface area contributed by atoms with E-state index in [9.17, 15) is 4.79 Å². The Morgan fingerprint density at radius 2 is 1.88 bits per heavy atom. The van der Waals surface area contributed by atoms with Gasteiger partial charge in [-0.15, -0.1) is 24.0 Å². The molecular weight excluding hydrogens is 415 g/mol. The van der Waals surface area contributed by atoms with Gasteiger partial charge < -0.3 is 15.5 Å². The lowest BCUT2D eigenvalue weighted by molar-refractivity contribution is -0.129. The van der Waals surface area contributed by atoms with E-state index in [1.54, 1.807) is 0 Å². The fraction of sp³-hybridized carbons (Fsp3) is 0.889. The molecule has 24 heavy (non-hydrogen) atoms. The van der Waals surface area contributed by atoms with E-state index in [1.165, 1.54) is 25.7 Å². The fourth-order valence-corrected chi connectivity index (χ4v) is 3.57. The molecule has 1 amide bonds. The van der Waals surface area contributed by atoms with Crippen LogP contribution in [-0.2, 0) is 4.79 Å². The quantitative estimate of drug-likeness (QED) is 0.385. The zero-order valence-electron chi connectivity index (χ0n) is 15.5. The number of carbonyl (C=O) groups excluding carboxylic acids is 1. The molecule has 2 fully saturated rings. The Labute approximate surface area is 164 Å². The van der Waals surface area contributed by atoms with Crippen LogP contribution in [0.3, 0.4) is 0 Å². The summed E-state index contributed by atoms with van der Waals surface area (Å²) < 4.78 is 0. The fourth-order valence-electron chi connectivity index (χ4n) is 3.57. The molecule has 1 saturated heterocycles. The molecule has 0 bridgehead atoms. The first kappa shape index (κ1) is 21.5. The van der Waals surface area contributed by atoms with Crippen LogP contribution in [0.5, 0.6) is 0 Å². The van der Waals surface area contributed by atoms with Gasteiger partial charge in [0.1, 0.15) is 0 Å². The molecule has 2 N–H and O–H groups in total. The molecule has 0 aromatic rings. The molecule has 2 rings (SSSR count). The molecule has 2 aliphatic rings. The number of hydrogen-bond donors (Lipinski definition) is 2. The van der Waals surface area contributed by atoms with Crippen molar-refractivity contribution in [2.45, 2.75) is 65.3 Å². The standard InChI is InChI=1S/C18H34N4O.HI/c1-4-17(23)22-11-10-16(13-22)21-18(19-5-2)20-12-15-8-6-14(3)7-9-15;/h14-16H,4-13H2,1-3H3,(H2,19,20,21);1H. The molecule has 1 heterocycles. The minimum absolute atomic E-state index is 0. The molecule has 1 aliphatic heterocycles. The molecule has 5 nitrogen and oxygen atoms in total. The molecule has 6 heteroatoms. The number of amides is 1. The number of nitrogens with one attached hydrogen (secondary N) is 2. The average Bonchev–Trinajstić information content (AvgIpc) is 3.02. The SMILES string of the molecule is CCNC(=NCC1CCC(C)CC1)NC1CCN(C(=O)CC)C1.I. The van der Waals surface area contributed by atoms with E-state index >= 15 is 0 Å². The van der Waals surface area contributed by atoms with Crippen molar-refractivity contribution in [1.29, 1.82) is 0 Å². The third kappa shape index (κ3) is 6.76. The Morgan fingerprint density at radius 3 is 2.50 bits per heavy atom. The normalized spacial score (nSPS) is 27.5. The first-order valence-electron chi connectivity index (χ1n) is 9.45. The maximum absolute atomic E-state index is 11.8. The van der Waals surface area contributed by atoms with Crippen molar-refractivity contribution >= 4 is 35.8 Å². The number of guanidine groups is 1. The number of aliphatic imine (C=N–C) groups is 1. The zero-order valence-corrected chi connectivity index (χ0v) is 17.8. The molecule has 1 saturated carbocycles. The van der Waals surface area contributed by atoms with Crippen LogP contribution in [0.15, 0.2) is 4.99 Å². The Balaban J connectivity index is 0.00000288. The van der Waals surface area contributed by atoms with Gasteiger partial charge in [-0.1, -0.05) is 26.7 Å². The van der Waals surface area contributed by atoms with Crippen molar-refractivity contribution in [3.63, 3.8) is 0 Å². The summed E-state index contributed by atoms with van der Waals surface area (Å²) in [5.41, 5.74) is 0. The highest BCUT2D eigenvalue weighted by molar-refractivity contribution is 14.0. The predicted molar refractivity (Wildman–Crippen MR) is 111 cm³/mol. The summed E-state index contributed by atoms with van der Waals surface area (Å²) in [5, 5.41) is 6.87. The first-order valence-corrected chi connectivity index (χ1v) is 9.45. The summed E-state index contributed by atoms with van der Waals surface area (Å²) in [6, 6.07) is 0.328. The molecule has 140 valence electrons. The van der Waals surface area contributed by atoms with Crippen LogP contribution in [-0.4, -0.2) is 49.0 Å². The van der Waals surface area contributed by atoms with Crippen molar-refractivity contribution in [2.75, 3.05) is 26.2 Å². The van der Waals surface area contributed by atoms with Crippen LogP contribution < -0.4 is 10.6 Å². The van der Waals surface area contributed by atoms with Crippen molar-refractivity contribution < 1.29 is 4.79 Å². The van der Waals surface area contributed by atoms with E-state index in [4.69, 9.17) is 4.99 Å². The Kier molecular flexibility index (Phi) is 10.0. The van der Waals surface area contributed by atoms with E-state index in [0.717, 1.165) is 50.4 Å². The summed E-state index contributed by atoms with van der Waals surface area (Å²) >= 11 is 0. The second-order valence-corrected chi connectivity index (χ2v) is 7.17. The van der Waals surface area contributed by atoms with Crippen molar-refractivity contribution in [2.24, 2.45) is 16.8 Å².